The second kappa shape index (κ2) is 5.09. The zero-order valence-electron chi connectivity index (χ0n) is 6.34. The van der Waals surface area contributed by atoms with Gasteiger partial charge in [-0.2, -0.15) is 0 Å². The van der Waals surface area contributed by atoms with Gasteiger partial charge < -0.3 is 15.9 Å². The molecule has 4 N–H and O–H groups in total. The lowest BCUT2D eigenvalue weighted by molar-refractivity contribution is -0.138. The minimum absolute atomic E-state index is 0.0809. The Labute approximate surface area is 68.9 Å². The zero-order chi connectivity index (χ0) is 9.56. The van der Waals surface area contributed by atoms with Gasteiger partial charge in [-0.25, -0.2) is 0 Å². The van der Waals surface area contributed by atoms with Gasteiger partial charge in [-0.1, -0.05) is 0 Å². The standard InChI is InChI=1S/C6H9N3O3/c7-5(6(11)12)2-1-4(10)3-9-8/h3,5H,1-2,7H2,(H-,10,11,12)/p+1/t5-/m0/s1. The van der Waals surface area contributed by atoms with Crippen LogP contribution in [0.5, 0.6) is 0 Å². The smallest absolute Gasteiger partial charge is 0.387 e. The SMILES string of the molecule is N#[N+]C=C(O)CC[C@H](N)C(=O)O. The van der Waals surface area contributed by atoms with E-state index >= 15 is 0 Å². The third kappa shape index (κ3) is 4.24. The average Bonchev–Trinajstić information content (AvgIpc) is 2.00. The van der Waals surface area contributed by atoms with Crippen molar-refractivity contribution in [1.82, 2.24) is 0 Å². The second-order valence-corrected chi connectivity index (χ2v) is 2.22. The quantitative estimate of drug-likeness (QED) is 0.420. The van der Waals surface area contributed by atoms with Gasteiger partial charge in [0.1, 0.15) is 6.04 Å². The van der Waals surface area contributed by atoms with Gasteiger partial charge in [0.15, 0.2) is 10.7 Å². The first-order valence-corrected chi connectivity index (χ1v) is 3.28. The summed E-state index contributed by atoms with van der Waals surface area (Å²) in [6.45, 7) is 0. The molecular formula is C6H10N3O3+. The Hall–Kier alpha value is -1.61. The normalized spacial score (nSPS) is 13.5. The van der Waals surface area contributed by atoms with Gasteiger partial charge in [-0.3, -0.25) is 4.79 Å². The van der Waals surface area contributed by atoms with Crippen LogP contribution in [0.15, 0.2) is 12.0 Å². The van der Waals surface area contributed by atoms with E-state index in [9.17, 15) is 4.79 Å². The highest BCUT2D eigenvalue weighted by Gasteiger charge is 2.12. The van der Waals surface area contributed by atoms with E-state index in [2.05, 4.69) is 4.98 Å². The number of aliphatic hydroxyl groups excluding tert-OH is 1. The molecule has 0 aliphatic carbocycles. The minimum Gasteiger partial charge on any atom is -0.505 e. The number of aliphatic hydroxyl groups is 1. The number of hydrogen-bond donors (Lipinski definition) is 3. The van der Waals surface area contributed by atoms with Crippen molar-refractivity contribution < 1.29 is 15.0 Å². The summed E-state index contributed by atoms with van der Waals surface area (Å²) in [6, 6.07) is -1.00. The van der Waals surface area contributed by atoms with Gasteiger partial charge in [-0.05, 0) is 6.42 Å². The van der Waals surface area contributed by atoms with Crippen molar-refractivity contribution in [3.63, 3.8) is 0 Å². The van der Waals surface area contributed by atoms with E-state index in [1.807, 2.05) is 0 Å². The van der Waals surface area contributed by atoms with Crippen molar-refractivity contribution in [3.05, 3.63) is 16.9 Å². The number of allylic oxidation sites excluding steroid dienone is 1. The molecule has 0 saturated heterocycles. The number of hydrogen-bond acceptors (Lipinski definition) is 4. The Balaban J connectivity index is 3.78. The first-order chi connectivity index (χ1) is 5.57. The molecule has 0 rings (SSSR count). The highest BCUT2D eigenvalue weighted by molar-refractivity contribution is 5.72. The molecule has 0 heterocycles. The highest BCUT2D eigenvalue weighted by Crippen LogP contribution is 2.03. The summed E-state index contributed by atoms with van der Waals surface area (Å²) in [6.07, 6.45) is 1.01. The minimum atomic E-state index is -1.12. The van der Waals surface area contributed by atoms with Crippen molar-refractivity contribution >= 4 is 5.97 Å². The molecule has 6 nitrogen and oxygen atoms in total. The predicted molar refractivity (Wildman–Crippen MR) is 40.6 cm³/mol. The summed E-state index contributed by atoms with van der Waals surface area (Å²) in [5.41, 5.74) is 5.13. The Kier molecular flexibility index (Phi) is 4.41. The van der Waals surface area contributed by atoms with Crippen molar-refractivity contribution in [3.8, 4) is 0 Å². The van der Waals surface area contributed by atoms with Crippen molar-refractivity contribution in [1.29, 1.82) is 5.39 Å². The Morgan fingerprint density at radius 2 is 2.25 bits per heavy atom. The Morgan fingerprint density at radius 1 is 1.67 bits per heavy atom. The van der Waals surface area contributed by atoms with E-state index in [0.29, 0.717) is 0 Å². The first-order valence-electron chi connectivity index (χ1n) is 3.28. The van der Waals surface area contributed by atoms with Crippen LogP contribution in [0.1, 0.15) is 12.8 Å². The molecule has 0 bridgehead atoms. The molecule has 0 radical (unpaired) electrons. The maximum atomic E-state index is 10.2. The fourth-order valence-corrected chi connectivity index (χ4v) is 0.558. The molecular weight excluding hydrogens is 162 g/mol. The van der Waals surface area contributed by atoms with Gasteiger partial charge in [0.05, 0.1) is 0 Å². The van der Waals surface area contributed by atoms with Gasteiger partial charge in [0.2, 0.25) is 5.39 Å². The molecule has 0 unspecified atom stereocenters. The number of nitrogens with two attached hydrogens (primary N) is 1. The fourth-order valence-electron chi connectivity index (χ4n) is 0.558. The Morgan fingerprint density at radius 3 is 2.67 bits per heavy atom. The molecule has 6 heteroatoms. The summed E-state index contributed by atoms with van der Waals surface area (Å²) in [5, 5.41) is 25.1. The number of carboxylic acid groups (broad SMARTS) is 1. The molecule has 66 valence electrons. The molecule has 0 aromatic carbocycles. The topological polar surface area (TPSA) is 112 Å². The molecule has 0 aromatic rings. The fraction of sp³-hybridized carbons (Fsp3) is 0.500. The second-order valence-electron chi connectivity index (χ2n) is 2.22. The third-order valence-corrected chi connectivity index (χ3v) is 1.24. The van der Waals surface area contributed by atoms with Crippen LogP contribution < -0.4 is 5.73 Å². The summed E-state index contributed by atoms with van der Waals surface area (Å²) in [4.78, 5) is 12.7. The number of diazo groups is 1. The third-order valence-electron chi connectivity index (χ3n) is 1.24. The highest BCUT2D eigenvalue weighted by atomic mass is 16.4. The van der Waals surface area contributed by atoms with Crippen LogP contribution in [0.2, 0.25) is 0 Å². The van der Waals surface area contributed by atoms with Crippen LogP contribution in [-0.4, -0.2) is 22.2 Å². The average molecular weight is 172 g/mol. The van der Waals surface area contributed by atoms with Crippen molar-refractivity contribution in [2.45, 2.75) is 18.9 Å². The van der Waals surface area contributed by atoms with Crippen LogP contribution in [0, 0.1) is 5.39 Å². The lowest BCUT2D eigenvalue weighted by Crippen LogP contribution is -2.29. The van der Waals surface area contributed by atoms with Crippen LogP contribution in [0.4, 0.5) is 0 Å². The van der Waals surface area contributed by atoms with E-state index in [0.717, 1.165) is 6.20 Å². The molecule has 1 atom stereocenters. The van der Waals surface area contributed by atoms with E-state index in [-0.39, 0.29) is 18.6 Å². The van der Waals surface area contributed by atoms with Crippen molar-refractivity contribution in [2.75, 3.05) is 0 Å². The molecule has 0 aliphatic heterocycles. The van der Waals surface area contributed by atoms with Crippen LogP contribution >= 0.6 is 0 Å². The molecule has 0 saturated carbocycles. The summed E-state index contributed by atoms with van der Waals surface area (Å²) in [7, 11) is 0. The lowest BCUT2D eigenvalue weighted by atomic mass is 10.1. The molecule has 0 fully saturated rings. The molecule has 0 aromatic heterocycles. The van der Waals surface area contributed by atoms with Gasteiger partial charge in [-0.15, -0.1) is 0 Å². The van der Waals surface area contributed by atoms with Crippen LogP contribution in [0.3, 0.4) is 0 Å². The largest absolute Gasteiger partial charge is 0.505 e. The molecule has 12 heavy (non-hydrogen) atoms. The number of carboxylic acids is 1. The molecule has 0 aliphatic rings. The lowest BCUT2D eigenvalue weighted by Gasteiger charge is -2.02. The van der Waals surface area contributed by atoms with Gasteiger partial charge in [0, 0.05) is 6.42 Å². The van der Waals surface area contributed by atoms with Gasteiger partial charge >= 0.3 is 12.2 Å². The summed E-state index contributed by atoms with van der Waals surface area (Å²) in [5.74, 6) is -1.32. The van der Waals surface area contributed by atoms with Crippen LogP contribution in [-0.2, 0) is 4.79 Å². The maximum absolute atomic E-state index is 10.2. The van der Waals surface area contributed by atoms with Crippen molar-refractivity contribution in [2.24, 2.45) is 5.73 Å². The van der Waals surface area contributed by atoms with E-state index < -0.39 is 12.0 Å². The monoisotopic (exact) mass is 172 g/mol. The predicted octanol–water partition coefficient (Wildman–Crippen LogP) is 0.431. The Bertz CT molecular complexity index is 231. The summed E-state index contributed by atoms with van der Waals surface area (Å²) < 4.78 is 0. The number of aliphatic carboxylic acids is 1. The summed E-state index contributed by atoms with van der Waals surface area (Å²) >= 11 is 0. The van der Waals surface area contributed by atoms with Crippen LogP contribution in [0.25, 0.3) is 4.98 Å². The van der Waals surface area contributed by atoms with Gasteiger partial charge in [0.25, 0.3) is 0 Å². The van der Waals surface area contributed by atoms with E-state index in [4.69, 9.17) is 21.3 Å². The molecule has 0 amide bonds. The van der Waals surface area contributed by atoms with E-state index in [1.54, 1.807) is 0 Å². The maximum Gasteiger partial charge on any atom is 0.387 e. The number of rotatable bonds is 4. The number of carbonyl (C=O) groups is 1. The molecule has 0 spiro atoms. The zero-order valence-corrected chi connectivity index (χ0v) is 6.34. The van der Waals surface area contributed by atoms with E-state index in [1.165, 1.54) is 0 Å². The number of nitrogens with zero attached hydrogens (tertiary/aromatic N) is 2. The first kappa shape index (κ1) is 10.4.